The molecule has 0 unspecified atom stereocenters. The number of ether oxygens (including phenoxy) is 2. The molecule has 0 radical (unpaired) electrons. The standard InChI is InChI=1S/C15H13BrF3NO3.ClH/c1-22-12-7-9(6-11(16)14(12)21)13(20)8-2-4-10(5-3-8)23-15(17,18)19;/h2-7,13,21H,20H2,1H3;1H/t13-;/m0./s1. The van der Waals surface area contributed by atoms with Crippen LogP contribution in [0, 0.1) is 0 Å². The number of alkyl halides is 3. The molecule has 0 aliphatic heterocycles. The molecular formula is C15H14BrClF3NO3. The summed E-state index contributed by atoms with van der Waals surface area (Å²) in [6.07, 6.45) is -4.74. The number of methoxy groups -OCH3 is 1. The first kappa shape index (κ1) is 20.4. The highest BCUT2D eigenvalue weighted by atomic mass is 79.9. The first-order chi connectivity index (χ1) is 10.7. The number of nitrogens with two attached hydrogens (primary N) is 1. The Morgan fingerprint density at radius 3 is 2.21 bits per heavy atom. The van der Waals surface area contributed by atoms with E-state index in [1.54, 1.807) is 12.1 Å². The second-order valence-corrected chi connectivity index (χ2v) is 5.50. The third-order valence-electron chi connectivity index (χ3n) is 3.10. The Morgan fingerprint density at radius 2 is 1.71 bits per heavy atom. The Labute approximate surface area is 150 Å². The van der Waals surface area contributed by atoms with Crippen molar-refractivity contribution in [2.24, 2.45) is 5.73 Å². The smallest absolute Gasteiger partial charge is 0.503 e. The fraction of sp³-hybridized carbons (Fsp3) is 0.200. The Hall–Kier alpha value is -1.64. The van der Waals surface area contributed by atoms with Crippen molar-refractivity contribution in [3.63, 3.8) is 0 Å². The summed E-state index contributed by atoms with van der Waals surface area (Å²) in [6, 6.07) is 7.83. The lowest BCUT2D eigenvalue weighted by molar-refractivity contribution is -0.274. The van der Waals surface area contributed by atoms with Gasteiger partial charge in [0.2, 0.25) is 0 Å². The van der Waals surface area contributed by atoms with E-state index >= 15 is 0 Å². The maximum Gasteiger partial charge on any atom is 0.573 e. The SMILES string of the molecule is COc1cc([C@@H](N)c2ccc(OC(F)(F)F)cc2)cc(Br)c1O.Cl. The predicted molar refractivity (Wildman–Crippen MR) is 88.8 cm³/mol. The van der Waals surface area contributed by atoms with E-state index in [1.165, 1.54) is 31.4 Å². The molecular weight excluding hydrogens is 415 g/mol. The molecule has 9 heteroatoms. The van der Waals surface area contributed by atoms with Crippen LogP contribution < -0.4 is 15.2 Å². The average Bonchev–Trinajstić information content (AvgIpc) is 2.48. The molecule has 3 N–H and O–H groups in total. The van der Waals surface area contributed by atoms with E-state index in [2.05, 4.69) is 20.7 Å². The highest BCUT2D eigenvalue weighted by molar-refractivity contribution is 9.10. The van der Waals surface area contributed by atoms with Crippen molar-refractivity contribution in [3.05, 3.63) is 52.0 Å². The average molecular weight is 429 g/mol. The Balaban J connectivity index is 0.00000288. The summed E-state index contributed by atoms with van der Waals surface area (Å²) in [5, 5.41) is 9.78. The van der Waals surface area contributed by atoms with Gasteiger partial charge in [-0.25, -0.2) is 0 Å². The lowest BCUT2D eigenvalue weighted by Crippen LogP contribution is -2.17. The van der Waals surface area contributed by atoms with Crippen LogP contribution in [0.15, 0.2) is 40.9 Å². The first-order valence-corrected chi connectivity index (χ1v) is 7.18. The summed E-state index contributed by atoms with van der Waals surface area (Å²) >= 11 is 3.19. The number of aromatic hydroxyl groups is 1. The van der Waals surface area contributed by atoms with Gasteiger partial charge in [-0.2, -0.15) is 0 Å². The zero-order chi connectivity index (χ0) is 17.2. The Bertz CT molecular complexity index is 696. The van der Waals surface area contributed by atoms with Crippen LogP contribution in [0.3, 0.4) is 0 Å². The summed E-state index contributed by atoms with van der Waals surface area (Å²) in [4.78, 5) is 0. The van der Waals surface area contributed by atoms with Gasteiger partial charge in [0.15, 0.2) is 11.5 Å². The minimum atomic E-state index is -4.74. The molecule has 2 rings (SSSR count). The second-order valence-electron chi connectivity index (χ2n) is 4.65. The number of rotatable bonds is 4. The second kappa shape index (κ2) is 7.96. The van der Waals surface area contributed by atoms with Gasteiger partial charge in [0.05, 0.1) is 17.6 Å². The molecule has 0 spiro atoms. The van der Waals surface area contributed by atoms with Gasteiger partial charge in [-0.1, -0.05) is 12.1 Å². The zero-order valence-electron chi connectivity index (χ0n) is 12.3. The lowest BCUT2D eigenvalue weighted by atomic mass is 9.99. The highest BCUT2D eigenvalue weighted by Crippen LogP contribution is 2.37. The topological polar surface area (TPSA) is 64.7 Å². The van der Waals surface area contributed by atoms with Crippen molar-refractivity contribution < 1.29 is 27.8 Å². The number of phenolic OH excluding ortho intramolecular Hbond substituents is 1. The van der Waals surface area contributed by atoms with Crippen molar-refractivity contribution in [3.8, 4) is 17.2 Å². The summed E-state index contributed by atoms with van der Waals surface area (Å²) in [5.74, 6) is -0.142. The van der Waals surface area contributed by atoms with Crippen molar-refractivity contribution in [2.75, 3.05) is 7.11 Å². The molecule has 0 heterocycles. The number of hydrogen-bond acceptors (Lipinski definition) is 4. The van der Waals surface area contributed by atoms with Gasteiger partial charge in [-0.15, -0.1) is 25.6 Å². The van der Waals surface area contributed by atoms with Crippen LogP contribution in [0.4, 0.5) is 13.2 Å². The minimum Gasteiger partial charge on any atom is -0.503 e. The summed E-state index contributed by atoms with van der Waals surface area (Å²) in [5.41, 5.74) is 7.32. The van der Waals surface area contributed by atoms with E-state index in [-0.39, 0.29) is 29.7 Å². The van der Waals surface area contributed by atoms with Gasteiger partial charge in [0, 0.05) is 0 Å². The van der Waals surface area contributed by atoms with Crippen LogP contribution >= 0.6 is 28.3 Å². The van der Waals surface area contributed by atoms with Gasteiger partial charge in [-0.05, 0) is 51.3 Å². The first-order valence-electron chi connectivity index (χ1n) is 6.39. The van der Waals surface area contributed by atoms with Gasteiger partial charge in [0.25, 0.3) is 0 Å². The molecule has 0 aliphatic carbocycles. The molecule has 132 valence electrons. The van der Waals surface area contributed by atoms with E-state index in [9.17, 15) is 18.3 Å². The molecule has 0 fully saturated rings. The molecule has 0 saturated carbocycles. The van der Waals surface area contributed by atoms with E-state index in [0.29, 0.717) is 15.6 Å². The minimum absolute atomic E-state index is 0. The van der Waals surface area contributed by atoms with E-state index in [0.717, 1.165) is 0 Å². The maximum atomic E-state index is 12.1. The molecule has 0 amide bonds. The van der Waals surface area contributed by atoms with Crippen LogP contribution in [0.5, 0.6) is 17.2 Å². The highest BCUT2D eigenvalue weighted by Gasteiger charge is 2.31. The quantitative estimate of drug-likeness (QED) is 0.751. The van der Waals surface area contributed by atoms with Crippen molar-refractivity contribution in [1.29, 1.82) is 0 Å². The number of hydrogen-bond donors (Lipinski definition) is 2. The van der Waals surface area contributed by atoms with Crippen LogP contribution in [0.25, 0.3) is 0 Å². The zero-order valence-corrected chi connectivity index (χ0v) is 14.7. The van der Waals surface area contributed by atoms with E-state index in [1.807, 2.05) is 0 Å². The number of benzene rings is 2. The predicted octanol–water partition coefficient (Wildman–Crippen LogP) is 4.53. The van der Waals surface area contributed by atoms with Gasteiger partial charge in [0.1, 0.15) is 5.75 Å². The molecule has 0 aliphatic rings. The number of halogens is 5. The van der Waals surface area contributed by atoms with Crippen LogP contribution in [0.2, 0.25) is 0 Å². The maximum absolute atomic E-state index is 12.1. The Morgan fingerprint density at radius 1 is 1.12 bits per heavy atom. The lowest BCUT2D eigenvalue weighted by Gasteiger charge is -2.16. The molecule has 0 aromatic heterocycles. The van der Waals surface area contributed by atoms with Gasteiger partial charge in [-0.3, -0.25) is 0 Å². The summed E-state index contributed by atoms with van der Waals surface area (Å²) in [7, 11) is 1.40. The molecule has 4 nitrogen and oxygen atoms in total. The third-order valence-corrected chi connectivity index (χ3v) is 3.71. The van der Waals surface area contributed by atoms with Crippen LogP contribution in [0.1, 0.15) is 17.2 Å². The summed E-state index contributed by atoms with van der Waals surface area (Å²) < 4.78 is 45.7. The third kappa shape index (κ3) is 4.93. The van der Waals surface area contributed by atoms with Gasteiger partial charge >= 0.3 is 6.36 Å². The largest absolute Gasteiger partial charge is 0.573 e. The fourth-order valence-electron chi connectivity index (χ4n) is 2.00. The fourth-order valence-corrected chi connectivity index (χ4v) is 2.46. The van der Waals surface area contributed by atoms with Crippen molar-refractivity contribution in [1.82, 2.24) is 0 Å². The van der Waals surface area contributed by atoms with Crippen molar-refractivity contribution in [2.45, 2.75) is 12.4 Å². The van der Waals surface area contributed by atoms with E-state index in [4.69, 9.17) is 10.5 Å². The molecule has 1 atom stereocenters. The molecule has 2 aromatic carbocycles. The number of phenols is 1. The normalized spacial score (nSPS) is 12.2. The molecule has 0 bridgehead atoms. The van der Waals surface area contributed by atoms with Crippen molar-refractivity contribution >= 4 is 28.3 Å². The monoisotopic (exact) mass is 427 g/mol. The summed E-state index contributed by atoms with van der Waals surface area (Å²) in [6.45, 7) is 0. The van der Waals surface area contributed by atoms with E-state index < -0.39 is 12.4 Å². The Kier molecular flexibility index (Phi) is 6.76. The molecule has 2 aromatic rings. The van der Waals surface area contributed by atoms with Crippen LogP contribution in [-0.4, -0.2) is 18.6 Å². The van der Waals surface area contributed by atoms with Gasteiger partial charge < -0.3 is 20.3 Å². The molecule has 0 saturated heterocycles. The molecule has 24 heavy (non-hydrogen) atoms. The van der Waals surface area contributed by atoms with Crippen LogP contribution in [-0.2, 0) is 0 Å².